The number of esters is 1. The second kappa shape index (κ2) is 5.14. The van der Waals surface area contributed by atoms with E-state index in [1.54, 1.807) is 0 Å². The van der Waals surface area contributed by atoms with E-state index < -0.39 is 0 Å². The van der Waals surface area contributed by atoms with E-state index >= 15 is 0 Å². The minimum atomic E-state index is -0.353. The Bertz CT molecular complexity index is 354. The number of nitrogens with two attached hydrogens (primary N) is 1. The molecule has 0 aliphatic heterocycles. The van der Waals surface area contributed by atoms with Gasteiger partial charge in [-0.05, 0) is 6.42 Å². The highest BCUT2D eigenvalue weighted by atomic mass is 16.5. The van der Waals surface area contributed by atoms with Crippen LogP contribution in [0.1, 0.15) is 12.5 Å². The predicted octanol–water partition coefficient (Wildman–Crippen LogP) is 0.206. The van der Waals surface area contributed by atoms with Crippen molar-refractivity contribution in [2.45, 2.75) is 13.3 Å². The minimum Gasteiger partial charge on any atom is -0.468 e. The number of hydrogen-bond donors (Lipinski definition) is 2. The molecule has 0 aromatic carbocycles. The molecular weight excluding hydrogens is 196 g/mol. The fourth-order valence-corrected chi connectivity index (χ4v) is 1.15. The van der Waals surface area contributed by atoms with Crippen LogP contribution < -0.4 is 11.1 Å². The molecule has 0 fully saturated rings. The molecule has 0 amide bonds. The molecule has 0 atom stereocenters. The summed E-state index contributed by atoms with van der Waals surface area (Å²) in [5.74, 6) is 0.657. The van der Waals surface area contributed by atoms with E-state index in [9.17, 15) is 4.79 Å². The van der Waals surface area contributed by atoms with Crippen LogP contribution in [0.15, 0.2) is 6.33 Å². The van der Waals surface area contributed by atoms with Gasteiger partial charge in [-0.25, -0.2) is 9.97 Å². The average Bonchev–Trinajstić information content (AvgIpc) is 2.25. The Kier molecular flexibility index (Phi) is 3.84. The first-order valence-electron chi connectivity index (χ1n) is 4.59. The van der Waals surface area contributed by atoms with Gasteiger partial charge in [0.05, 0.1) is 7.11 Å². The molecule has 82 valence electrons. The quantitative estimate of drug-likeness (QED) is 0.690. The first kappa shape index (κ1) is 11.2. The van der Waals surface area contributed by atoms with E-state index in [0.717, 1.165) is 5.56 Å². The molecule has 3 N–H and O–H groups in total. The third-order valence-electron chi connectivity index (χ3n) is 1.96. The molecule has 0 aliphatic rings. The van der Waals surface area contributed by atoms with Gasteiger partial charge < -0.3 is 15.8 Å². The molecule has 1 heterocycles. The number of anilines is 2. The van der Waals surface area contributed by atoms with E-state index in [-0.39, 0.29) is 12.5 Å². The van der Waals surface area contributed by atoms with Gasteiger partial charge in [0.1, 0.15) is 24.5 Å². The molecule has 0 radical (unpaired) electrons. The second-order valence-corrected chi connectivity index (χ2v) is 2.87. The van der Waals surface area contributed by atoms with Crippen molar-refractivity contribution >= 4 is 17.6 Å². The van der Waals surface area contributed by atoms with Crippen LogP contribution >= 0.6 is 0 Å². The first-order chi connectivity index (χ1) is 7.19. The highest BCUT2D eigenvalue weighted by Crippen LogP contribution is 2.16. The van der Waals surface area contributed by atoms with Crippen molar-refractivity contribution in [1.82, 2.24) is 9.97 Å². The van der Waals surface area contributed by atoms with Crippen molar-refractivity contribution < 1.29 is 9.53 Å². The Morgan fingerprint density at radius 1 is 1.60 bits per heavy atom. The molecule has 0 saturated carbocycles. The van der Waals surface area contributed by atoms with Gasteiger partial charge in [0.25, 0.3) is 0 Å². The molecule has 0 unspecified atom stereocenters. The molecule has 0 spiro atoms. The van der Waals surface area contributed by atoms with Gasteiger partial charge in [-0.2, -0.15) is 0 Å². The largest absolute Gasteiger partial charge is 0.468 e. The van der Waals surface area contributed by atoms with Crippen molar-refractivity contribution in [3.63, 3.8) is 0 Å². The summed E-state index contributed by atoms with van der Waals surface area (Å²) in [6.45, 7) is 2.01. The smallest absolute Gasteiger partial charge is 0.325 e. The summed E-state index contributed by atoms with van der Waals surface area (Å²) in [7, 11) is 1.33. The van der Waals surface area contributed by atoms with Gasteiger partial charge in [-0.1, -0.05) is 6.92 Å². The number of methoxy groups -OCH3 is 1. The average molecular weight is 210 g/mol. The highest BCUT2D eigenvalue weighted by Gasteiger charge is 2.08. The lowest BCUT2D eigenvalue weighted by Crippen LogP contribution is -2.17. The lowest BCUT2D eigenvalue weighted by molar-refractivity contribution is -0.138. The molecule has 15 heavy (non-hydrogen) atoms. The third kappa shape index (κ3) is 2.80. The number of nitrogen functional groups attached to an aromatic ring is 1. The summed E-state index contributed by atoms with van der Waals surface area (Å²) in [4.78, 5) is 18.8. The lowest BCUT2D eigenvalue weighted by atomic mass is 10.2. The molecule has 0 aliphatic carbocycles. The monoisotopic (exact) mass is 210 g/mol. The molecule has 0 saturated heterocycles. The molecule has 6 heteroatoms. The summed E-state index contributed by atoms with van der Waals surface area (Å²) < 4.78 is 4.50. The van der Waals surface area contributed by atoms with E-state index in [1.165, 1.54) is 13.4 Å². The van der Waals surface area contributed by atoms with Crippen molar-refractivity contribution in [2.24, 2.45) is 0 Å². The van der Waals surface area contributed by atoms with Crippen molar-refractivity contribution in [3.05, 3.63) is 11.9 Å². The van der Waals surface area contributed by atoms with Gasteiger partial charge in [-0.15, -0.1) is 0 Å². The van der Waals surface area contributed by atoms with Gasteiger partial charge in [-0.3, -0.25) is 4.79 Å². The fraction of sp³-hybridized carbons (Fsp3) is 0.444. The van der Waals surface area contributed by atoms with E-state index in [2.05, 4.69) is 20.0 Å². The molecule has 1 aromatic rings. The van der Waals surface area contributed by atoms with Crippen molar-refractivity contribution in [1.29, 1.82) is 0 Å². The van der Waals surface area contributed by atoms with Crippen molar-refractivity contribution in [2.75, 3.05) is 24.7 Å². The number of aromatic nitrogens is 2. The molecule has 1 rings (SSSR count). The number of nitrogens with one attached hydrogen (secondary N) is 1. The van der Waals surface area contributed by atoms with Crippen molar-refractivity contribution in [3.8, 4) is 0 Å². The maximum absolute atomic E-state index is 10.9. The summed E-state index contributed by atoms with van der Waals surface area (Å²) in [5, 5.41) is 2.85. The van der Waals surface area contributed by atoms with Crippen LogP contribution in [0.4, 0.5) is 11.6 Å². The zero-order valence-electron chi connectivity index (χ0n) is 8.78. The van der Waals surface area contributed by atoms with Crippen LogP contribution in [0, 0.1) is 0 Å². The Morgan fingerprint density at radius 2 is 2.33 bits per heavy atom. The predicted molar refractivity (Wildman–Crippen MR) is 56.3 cm³/mol. The van der Waals surface area contributed by atoms with Crippen LogP contribution in [-0.2, 0) is 16.0 Å². The highest BCUT2D eigenvalue weighted by molar-refractivity contribution is 5.75. The number of nitrogens with zero attached hydrogens (tertiary/aromatic N) is 2. The van der Waals surface area contributed by atoms with Crippen LogP contribution in [0.2, 0.25) is 0 Å². The Morgan fingerprint density at radius 3 is 2.93 bits per heavy atom. The van der Waals surface area contributed by atoms with Gasteiger partial charge in [0, 0.05) is 5.56 Å². The summed E-state index contributed by atoms with van der Waals surface area (Å²) in [6.07, 6.45) is 2.06. The minimum absolute atomic E-state index is 0.0694. The number of ether oxygens (including phenoxy) is 1. The van der Waals surface area contributed by atoms with Gasteiger partial charge >= 0.3 is 5.97 Å². The molecular formula is C9H14N4O2. The standard InChI is InChI=1S/C9H14N4O2/c1-3-6-8(10)12-5-13-9(6)11-4-7(14)15-2/h5H,3-4H2,1-2H3,(H3,10,11,12,13). The number of carbonyl (C=O) groups is 1. The number of carbonyl (C=O) groups excluding carboxylic acids is 1. The summed E-state index contributed by atoms with van der Waals surface area (Å²) in [6, 6.07) is 0. The molecule has 1 aromatic heterocycles. The lowest BCUT2D eigenvalue weighted by Gasteiger charge is -2.09. The van der Waals surface area contributed by atoms with E-state index in [4.69, 9.17) is 5.73 Å². The normalized spacial score (nSPS) is 9.73. The van der Waals surface area contributed by atoms with Crippen LogP contribution in [0.5, 0.6) is 0 Å². The Balaban J connectivity index is 2.76. The summed E-state index contributed by atoms with van der Waals surface area (Å²) in [5.41, 5.74) is 6.47. The molecule has 0 bridgehead atoms. The third-order valence-corrected chi connectivity index (χ3v) is 1.96. The summed E-state index contributed by atoms with van der Waals surface area (Å²) >= 11 is 0. The van der Waals surface area contributed by atoms with Crippen LogP contribution in [0.25, 0.3) is 0 Å². The SMILES string of the molecule is CCc1c(N)ncnc1NCC(=O)OC. The Labute approximate surface area is 87.9 Å². The Hall–Kier alpha value is -1.85. The maximum atomic E-state index is 10.9. The van der Waals surface area contributed by atoms with Crippen LogP contribution in [0.3, 0.4) is 0 Å². The van der Waals surface area contributed by atoms with E-state index in [1.807, 2.05) is 6.92 Å². The zero-order valence-corrected chi connectivity index (χ0v) is 8.78. The van der Waals surface area contributed by atoms with E-state index in [0.29, 0.717) is 18.1 Å². The maximum Gasteiger partial charge on any atom is 0.325 e. The first-order valence-corrected chi connectivity index (χ1v) is 4.59. The number of rotatable bonds is 4. The fourth-order valence-electron chi connectivity index (χ4n) is 1.15. The molecule has 6 nitrogen and oxygen atoms in total. The zero-order chi connectivity index (χ0) is 11.3. The van der Waals surface area contributed by atoms with Gasteiger partial charge in [0.15, 0.2) is 0 Å². The van der Waals surface area contributed by atoms with Crippen LogP contribution in [-0.4, -0.2) is 29.6 Å². The number of hydrogen-bond acceptors (Lipinski definition) is 6. The topological polar surface area (TPSA) is 90.1 Å². The van der Waals surface area contributed by atoms with Gasteiger partial charge in [0.2, 0.25) is 0 Å². The second-order valence-electron chi connectivity index (χ2n) is 2.87.